The fourth-order valence-corrected chi connectivity index (χ4v) is 3.35. The number of allylic oxidation sites excluding steroid dienone is 1. The maximum absolute atomic E-state index is 12.2. The molecular weight excluding hydrogens is 354 g/mol. The smallest absolute Gasteiger partial charge is 0.344 e. The Morgan fingerprint density at radius 1 is 1.04 bits per heavy atom. The molecule has 0 atom stereocenters. The van der Waals surface area contributed by atoms with Crippen LogP contribution < -0.4 is 9.47 Å². The highest BCUT2D eigenvalue weighted by Gasteiger charge is 2.28. The third kappa shape index (κ3) is 4.54. The zero-order valence-corrected chi connectivity index (χ0v) is 16.7. The molecule has 0 unspecified atom stereocenters. The van der Waals surface area contributed by atoms with Crippen molar-refractivity contribution < 1.29 is 19.0 Å². The number of hydrogen-bond acceptors (Lipinski definition) is 5. The second kappa shape index (κ2) is 9.42. The quantitative estimate of drug-likeness (QED) is 0.472. The molecule has 0 bridgehead atoms. The van der Waals surface area contributed by atoms with Crippen LogP contribution >= 0.6 is 0 Å². The molecule has 2 aromatic carbocycles. The summed E-state index contributed by atoms with van der Waals surface area (Å²) in [5.74, 6) is 1.37. The summed E-state index contributed by atoms with van der Waals surface area (Å²) in [4.78, 5) is 14.6. The van der Waals surface area contributed by atoms with Gasteiger partial charge in [0.2, 0.25) is 0 Å². The van der Waals surface area contributed by atoms with E-state index in [1.54, 1.807) is 26.4 Å². The standard InChI is InChI=1S/C23H27NO4/c1-4-24(16-17-10-6-5-7-11-17)13-9-8-12-20-18-14-21(26-2)22(27-3)15-19(18)23(25)28-20/h5-7,10-12,14-15H,4,8-9,13,16H2,1-3H3/b20-12+. The maximum atomic E-state index is 12.2. The van der Waals surface area contributed by atoms with Gasteiger partial charge in [-0.3, -0.25) is 4.90 Å². The van der Waals surface area contributed by atoms with Crippen LogP contribution in [-0.4, -0.2) is 38.2 Å². The molecular formula is C23H27NO4. The van der Waals surface area contributed by atoms with Crippen LogP contribution in [0.3, 0.4) is 0 Å². The summed E-state index contributed by atoms with van der Waals surface area (Å²) in [7, 11) is 3.13. The van der Waals surface area contributed by atoms with Crippen LogP contribution in [0.15, 0.2) is 48.5 Å². The summed E-state index contributed by atoms with van der Waals surface area (Å²) in [6.07, 6.45) is 3.82. The molecule has 5 heteroatoms. The van der Waals surface area contributed by atoms with Crippen LogP contribution in [0.1, 0.15) is 41.3 Å². The first-order valence-electron chi connectivity index (χ1n) is 9.61. The molecule has 0 N–H and O–H groups in total. The molecule has 0 saturated carbocycles. The number of fused-ring (bicyclic) bond motifs is 1. The van der Waals surface area contributed by atoms with Gasteiger partial charge in [0.1, 0.15) is 5.76 Å². The van der Waals surface area contributed by atoms with Crippen LogP contribution in [0.2, 0.25) is 0 Å². The van der Waals surface area contributed by atoms with E-state index in [1.165, 1.54) is 5.56 Å². The zero-order chi connectivity index (χ0) is 19.9. The molecule has 0 fully saturated rings. The Morgan fingerprint density at radius 2 is 1.71 bits per heavy atom. The van der Waals surface area contributed by atoms with Gasteiger partial charge in [-0.2, -0.15) is 0 Å². The molecule has 3 rings (SSSR count). The molecule has 0 saturated heterocycles. The minimum atomic E-state index is -0.346. The van der Waals surface area contributed by atoms with E-state index in [9.17, 15) is 4.79 Å². The number of benzene rings is 2. The molecule has 1 aliphatic heterocycles. The molecule has 1 aliphatic rings. The van der Waals surface area contributed by atoms with Crippen LogP contribution in [-0.2, 0) is 11.3 Å². The van der Waals surface area contributed by atoms with Gasteiger partial charge in [-0.15, -0.1) is 0 Å². The Kier molecular flexibility index (Phi) is 6.71. The number of carbonyl (C=O) groups is 1. The fraction of sp³-hybridized carbons (Fsp3) is 0.348. The molecule has 5 nitrogen and oxygen atoms in total. The van der Waals surface area contributed by atoms with Gasteiger partial charge < -0.3 is 14.2 Å². The Labute approximate surface area is 166 Å². The third-order valence-electron chi connectivity index (χ3n) is 4.92. The normalized spacial score (nSPS) is 14.3. The van der Waals surface area contributed by atoms with Gasteiger partial charge in [0.25, 0.3) is 0 Å². The van der Waals surface area contributed by atoms with E-state index in [4.69, 9.17) is 14.2 Å². The monoisotopic (exact) mass is 381 g/mol. The molecule has 2 aromatic rings. The van der Waals surface area contributed by atoms with Crippen molar-refractivity contribution in [3.8, 4) is 11.5 Å². The van der Waals surface area contributed by atoms with Crippen molar-refractivity contribution in [2.45, 2.75) is 26.3 Å². The first kappa shape index (κ1) is 20.0. The lowest BCUT2D eigenvalue weighted by atomic mass is 10.1. The highest BCUT2D eigenvalue weighted by molar-refractivity contribution is 6.03. The Bertz CT molecular complexity index is 845. The Balaban J connectivity index is 1.62. The summed E-state index contributed by atoms with van der Waals surface area (Å²) in [6.45, 7) is 5.11. The van der Waals surface area contributed by atoms with Crippen molar-refractivity contribution in [3.63, 3.8) is 0 Å². The highest BCUT2D eigenvalue weighted by atomic mass is 16.5. The number of unbranched alkanes of at least 4 members (excludes halogenated alkanes) is 1. The molecule has 0 amide bonds. The molecule has 0 aliphatic carbocycles. The van der Waals surface area contributed by atoms with Crippen molar-refractivity contribution >= 4 is 11.7 Å². The van der Waals surface area contributed by atoms with Gasteiger partial charge in [-0.25, -0.2) is 4.79 Å². The molecule has 1 heterocycles. The van der Waals surface area contributed by atoms with Crippen molar-refractivity contribution in [1.29, 1.82) is 0 Å². The lowest BCUT2D eigenvalue weighted by Gasteiger charge is -2.20. The average Bonchev–Trinajstić information content (AvgIpc) is 3.04. The van der Waals surface area contributed by atoms with Crippen molar-refractivity contribution in [1.82, 2.24) is 4.90 Å². The second-order valence-corrected chi connectivity index (χ2v) is 6.71. The van der Waals surface area contributed by atoms with E-state index in [0.29, 0.717) is 22.8 Å². The Hall–Kier alpha value is -2.79. The zero-order valence-electron chi connectivity index (χ0n) is 16.7. The van der Waals surface area contributed by atoms with Crippen LogP contribution in [0.5, 0.6) is 11.5 Å². The lowest BCUT2D eigenvalue weighted by Crippen LogP contribution is -2.23. The number of hydrogen-bond donors (Lipinski definition) is 0. The predicted octanol–water partition coefficient (Wildman–Crippen LogP) is 4.52. The van der Waals surface area contributed by atoms with Gasteiger partial charge >= 0.3 is 5.97 Å². The van der Waals surface area contributed by atoms with Gasteiger partial charge in [-0.05, 0) is 49.7 Å². The topological polar surface area (TPSA) is 48.0 Å². The summed E-state index contributed by atoms with van der Waals surface area (Å²) >= 11 is 0. The summed E-state index contributed by atoms with van der Waals surface area (Å²) in [6, 6.07) is 14.0. The summed E-state index contributed by atoms with van der Waals surface area (Å²) in [5.41, 5.74) is 2.60. The number of cyclic esters (lactones) is 1. The first-order valence-corrected chi connectivity index (χ1v) is 9.61. The predicted molar refractivity (Wildman–Crippen MR) is 110 cm³/mol. The van der Waals surface area contributed by atoms with Crippen molar-refractivity contribution in [3.05, 3.63) is 65.2 Å². The minimum Gasteiger partial charge on any atom is -0.493 e. The number of ether oxygens (including phenoxy) is 3. The molecule has 148 valence electrons. The maximum Gasteiger partial charge on any atom is 0.344 e. The van der Waals surface area contributed by atoms with Gasteiger partial charge in [0.05, 0.1) is 19.8 Å². The highest BCUT2D eigenvalue weighted by Crippen LogP contribution is 2.38. The van der Waals surface area contributed by atoms with E-state index in [1.807, 2.05) is 12.1 Å². The van der Waals surface area contributed by atoms with E-state index < -0.39 is 0 Å². The fourth-order valence-electron chi connectivity index (χ4n) is 3.35. The number of nitrogens with zero attached hydrogens (tertiary/aromatic N) is 1. The molecule has 0 radical (unpaired) electrons. The van der Waals surface area contributed by atoms with Crippen molar-refractivity contribution in [2.24, 2.45) is 0 Å². The number of methoxy groups -OCH3 is 2. The largest absolute Gasteiger partial charge is 0.493 e. The number of carbonyl (C=O) groups excluding carboxylic acids is 1. The molecule has 0 spiro atoms. The molecule has 28 heavy (non-hydrogen) atoms. The van der Waals surface area contributed by atoms with E-state index >= 15 is 0 Å². The van der Waals surface area contributed by atoms with E-state index in [-0.39, 0.29) is 5.97 Å². The summed E-state index contributed by atoms with van der Waals surface area (Å²) in [5, 5.41) is 0. The lowest BCUT2D eigenvalue weighted by molar-refractivity contribution is 0.0715. The van der Waals surface area contributed by atoms with Crippen molar-refractivity contribution in [2.75, 3.05) is 27.3 Å². The second-order valence-electron chi connectivity index (χ2n) is 6.71. The van der Waals surface area contributed by atoms with Gasteiger partial charge in [0, 0.05) is 12.1 Å². The minimum absolute atomic E-state index is 0.346. The van der Waals surface area contributed by atoms with Gasteiger partial charge in [-0.1, -0.05) is 37.3 Å². The molecule has 0 aromatic heterocycles. The third-order valence-corrected chi connectivity index (χ3v) is 4.92. The van der Waals surface area contributed by atoms with Crippen LogP contribution in [0.4, 0.5) is 0 Å². The van der Waals surface area contributed by atoms with E-state index in [2.05, 4.69) is 36.1 Å². The number of rotatable bonds is 9. The van der Waals surface area contributed by atoms with Crippen LogP contribution in [0, 0.1) is 0 Å². The van der Waals surface area contributed by atoms with E-state index in [0.717, 1.165) is 38.0 Å². The van der Waals surface area contributed by atoms with Gasteiger partial charge in [0.15, 0.2) is 11.5 Å². The first-order chi connectivity index (χ1) is 13.7. The summed E-state index contributed by atoms with van der Waals surface area (Å²) < 4.78 is 16.1. The van der Waals surface area contributed by atoms with Crippen LogP contribution in [0.25, 0.3) is 5.76 Å². The SMILES string of the molecule is CCN(CCC/C=C1/OC(=O)c2cc(OC)c(OC)cc21)Cc1ccccc1. The Morgan fingerprint density at radius 3 is 2.36 bits per heavy atom. The number of esters is 1. The average molecular weight is 381 g/mol.